The van der Waals surface area contributed by atoms with Crippen LogP contribution < -0.4 is 0 Å². The number of aromatic nitrogens is 8. The summed E-state index contributed by atoms with van der Waals surface area (Å²) in [6.45, 7) is 0. The van der Waals surface area contributed by atoms with E-state index in [1.807, 2.05) is 78.9 Å². The Morgan fingerprint density at radius 1 is 0.230 bits per heavy atom. The molecular formula is C66H40N8. The molecule has 15 rings (SSSR count). The molecule has 0 saturated carbocycles. The predicted octanol–water partition coefficient (Wildman–Crippen LogP) is 16.0. The van der Waals surface area contributed by atoms with Gasteiger partial charge in [-0.25, -0.2) is 19.9 Å². The quantitative estimate of drug-likeness (QED) is 0.148. The lowest BCUT2D eigenvalue weighted by Crippen LogP contribution is -2.06. The van der Waals surface area contributed by atoms with E-state index in [1.165, 1.54) is 26.9 Å². The fraction of sp³-hybridized carbons (Fsp3) is 0. The lowest BCUT2D eigenvalue weighted by atomic mass is 9.93. The molecule has 0 atom stereocenters. The Morgan fingerprint density at radius 3 is 1.20 bits per heavy atom. The molecule has 0 spiro atoms. The van der Waals surface area contributed by atoms with Crippen molar-refractivity contribution in [3.63, 3.8) is 0 Å². The minimum absolute atomic E-state index is 0.542. The summed E-state index contributed by atoms with van der Waals surface area (Å²) < 4.78 is 4.59. The number of rotatable bonds is 7. The zero-order chi connectivity index (χ0) is 48.7. The van der Waals surface area contributed by atoms with Crippen molar-refractivity contribution >= 4 is 75.9 Å². The second-order valence-electron chi connectivity index (χ2n) is 18.6. The van der Waals surface area contributed by atoms with E-state index in [0.717, 1.165) is 82.5 Å². The highest BCUT2D eigenvalue weighted by molar-refractivity contribution is 6.27. The van der Waals surface area contributed by atoms with Gasteiger partial charge >= 0.3 is 0 Å². The van der Waals surface area contributed by atoms with Gasteiger partial charge in [-0.15, -0.1) is 0 Å². The van der Waals surface area contributed by atoms with Crippen LogP contribution in [0.1, 0.15) is 0 Å². The molecule has 0 bridgehead atoms. The highest BCUT2D eigenvalue weighted by Gasteiger charge is 2.24. The molecule has 8 heteroatoms. The lowest BCUT2D eigenvalue weighted by Gasteiger charge is -2.13. The maximum Gasteiger partial charge on any atom is 0.238 e. The largest absolute Gasteiger partial charge is 0.309 e. The molecule has 11 aromatic carbocycles. The fourth-order valence-electron chi connectivity index (χ4n) is 11.1. The molecule has 74 heavy (non-hydrogen) atoms. The highest BCUT2D eigenvalue weighted by atomic mass is 15.2. The number of nitrogens with zero attached hydrogens (tertiary/aromatic N) is 8. The topological polar surface area (TPSA) is 87.2 Å². The van der Waals surface area contributed by atoms with Crippen molar-refractivity contribution in [1.82, 2.24) is 39.0 Å². The zero-order valence-electron chi connectivity index (χ0n) is 39.7. The van der Waals surface area contributed by atoms with Crippen molar-refractivity contribution in [3.05, 3.63) is 243 Å². The Kier molecular flexibility index (Phi) is 9.40. The van der Waals surface area contributed by atoms with Crippen molar-refractivity contribution in [3.8, 4) is 68.6 Å². The van der Waals surface area contributed by atoms with Gasteiger partial charge in [-0.1, -0.05) is 206 Å². The van der Waals surface area contributed by atoms with Crippen molar-refractivity contribution < 1.29 is 0 Å². The Balaban J connectivity index is 0.948. The third-order valence-electron chi connectivity index (χ3n) is 14.4. The highest BCUT2D eigenvalue weighted by Crippen LogP contribution is 2.43. The summed E-state index contributed by atoms with van der Waals surface area (Å²) in [5.74, 6) is 3.55. The fourth-order valence-corrected chi connectivity index (χ4v) is 11.1. The van der Waals surface area contributed by atoms with E-state index in [1.54, 1.807) is 0 Å². The maximum absolute atomic E-state index is 5.33. The third kappa shape index (κ3) is 6.62. The molecule has 0 N–H and O–H groups in total. The molecule has 0 aliphatic heterocycles. The smallest absolute Gasteiger partial charge is 0.238 e. The Hall–Kier alpha value is -10.2. The molecule has 4 heterocycles. The van der Waals surface area contributed by atoms with Gasteiger partial charge in [-0.05, 0) is 68.7 Å². The first kappa shape index (κ1) is 41.6. The predicted molar refractivity (Wildman–Crippen MR) is 302 cm³/mol. The van der Waals surface area contributed by atoms with Gasteiger partial charge in [0, 0.05) is 55.0 Å². The second kappa shape index (κ2) is 16.7. The normalized spacial score (nSPS) is 11.8. The van der Waals surface area contributed by atoms with Gasteiger partial charge in [0.05, 0.1) is 22.1 Å². The van der Waals surface area contributed by atoms with Crippen LogP contribution in [0.25, 0.3) is 145 Å². The van der Waals surface area contributed by atoms with Crippen LogP contribution in [0.4, 0.5) is 0 Å². The monoisotopic (exact) mass is 944 g/mol. The molecule has 0 fully saturated rings. The van der Waals surface area contributed by atoms with Crippen LogP contribution in [0, 0.1) is 0 Å². The number of hydrogen-bond donors (Lipinski definition) is 0. The third-order valence-corrected chi connectivity index (χ3v) is 14.4. The number of hydrogen-bond acceptors (Lipinski definition) is 6. The summed E-state index contributed by atoms with van der Waals surface area (Å²) in [7, 11) is 0. The Labute approximate surface area is 424 Å². The minimum Gasteiger partial charge on any atom is -0.309 e. The van der Waals surface area contributed by atoms with Crippen LogP contribution in [-0.4, -0.2) is 39.0 Å². The van der Waals surface area contributed by atoms with Crippen molar-refractivity contribution in [1.29, 1.82) is 0 Å². The van der Waals surface area contributed by atoms with E-state index in [-0.39, 0.29) is 0 Å². The van der Waals surface area contributed by atoms with Gasteiger partial charge in [0.15, 0.2) is 29.1 Å². The SMILES string of the molecule is c1ccc(-c2nc(-c3cccc(-n4c5ccccc5c5ccc6c(c7ccccc7n6-c6nc(-c7ccccc7)nc(-c7ccccc7)n6)c54)c3)nc(-c3ccc4c5ccccc5c5ccccc5c4c3)n2)cc1. The zero-order valence-corrected chi connectivity index (χ0v) is 39.7. The van der Waals surface area contributed by atoms with Gasteiger partial charge in [0.25, 0.3) is 0 Å². The second-order valence-corrected chi connectivity index (χ2v) is 18.6. The molecule has 0 radical (unpaired) electrons. The van der Waals surface area contributed by atoms with Gasteiger partial charge in [0.1, 0.15) is 0 Å². The molecule has 0 aliphatic carbocycles. The van der Waals surface area contributed by atoms with Crippen LogP contribution in [0.15, 0.2) is 243 Å². The van der Waals surface area contributed by atoms with Crippen molar-refractivity contribution in [2.45, 2.75) is 0 Å². The lowest BCUT2D eigenvalue weighted by molar-refractivity contribution is 0.953. The first-order chi connectivity index (χ1) is 36.7. The summed E-state index contributed by atoms with van der Waals surface area (Å²) in [4.78, 5) is 31.3. The van der Waals surface area contributed by atoms with Crippen LogP contribution in [0.5, 0.6) is 0 Å². The molecule has 0 amide bonds. The standard InChI is InChI=1S/C66H40N8/c1-4-19-41(20-5-1)61-67-64(70-65(68-61)45-35-36-51-49-29-11-10-27-47(49)48-28-12-13-30-50(48)55(51)40-45)44-25-18-26-46(39-44)73-56-33-16-14-31-52(56)53-37-38-58-59(60(53)73)54-32-15-17-34-57(54)74(58)66-71-62(42-21-6-2-7-22-42)69-63(72-66)43-23-8-3-9-24-43/h1-40H. The van der Waals surface area contributed by atoms with Crippen LogP contribution in [0.3, 0.4) is 0 Å². The summed E-state index contributed by atoms with van der Waals surface area (Å²) in [6, 6.07) is 84.6. The number of fused-ring (bicyclic) bond motifs is 13. The van der Waals surface area contributed by atoms with E-state index in [2.05, 4.69) is 173 Å². The summed E-state index contributed by atoms with van der Waals surface area (Å²) in [5, 5.41) is 11.7. The number of para-hydroxylation sites is 2. The Bertz CT molecular complexity index is 4620. The van der Waals surface area contributed by atoms with Gasteiger partial charge < -0.3 is 4.57 Å². The van der Waals surface area contributed by atoms with Gasteiger partial charge in [-0.2, -0.15) is 9.97 Å². The minimum atomic E-state index is 0.542. The molecule has 8 nitrogen and oxygen atoms in total. The van der Waals surface area contributed by atoms with Crippen molar-refractivity contribution in [2.75, 3.05) is 0 Å². The van der Waals surface area contributed by atoms with Crippen molar-refractivity contribution in [2.24, 2.45) is 0 Å². The molecule has 0 unspecified atom stereocenters. The average molecular weight is 945 g/mol. The van der Waals surface area contributed by atoms with E-state index in [0.29, 0.717) is 35.1 Å². The average Bonchev–Trinajstić information content (AvgIpc) is 4.02. The Morgan fingerprint density at radius 2 is 0.635 bits per heavy atom. The van der Waals surface area contributed by atoms with E-state index in [9.17, 15) is 0 Å². The summed E-state index contributed by atoms with van der Waals surface area (Å²) >= 11 is 0. The molecular weight excluding hydrogens is 905 g/mol. The molecule has 15 aromatic rings. The van der Waals surface area contributed by atoms with E-state index in [4.69, 9.17) is 29.9 Å². The molecule has 0 aliphatic rings. The van der Waals surface area contributed by atoms with Crippen LogP contribution in [0.2, 0.25) is 0 Å². The number of benzene rings is 11. The van der Waals surface area contributed by atoms with Crippen LogP contribution >= 0.6 is 0 Å². The van der Waals surface area contributed by atoms with E-state index < -0.39 is 0 Å². The first-order valence-corrected chi connectivity index (χ1v) is 24.8. The van der Waals surface area contributed by atoms with Gasteiger partial charge in [0.2, 0.25) is 5.95 Å². The van der Waals surface area contributed by atoms with Gasteiger partial charge in [-0.3, -0.25) is 4.57 Å². The molecule has 0 saturated heterocycles. The first-order valence-electron chi connectivity index (χ1n) is 24.8. The molecule has 4 aromatic heterocycles. The van der Waals surface area contributed by atoms with Crippen LogP contribution in [-0.2, 0) is 0 Å². The van der Waals surface area contributed by atoms with E-state index >= 15 is 0 Å². The molecule has 344 valence electrons. The summed E-state index contributed by atoms with van der Waals surface area (Å²) in [6.07, 6.45) is 0. The maximum atomic E-state index is 5.33. The summed E-state index contributed by atoms with van der Waals surface area (Å²) in [5.41, 5.74) is 9.64.